The Bertz CT molecular complexity index is 1040. The minimum absolute atomic E-state index is 0.236. The fraction of sp³-hybridized carbons (Fsp3) is 0.182. The first-order valence-electron chi connectivity index (χ1n) is 9.31. The number of rotatable bonds is 4. The Labute approximate surface area is 168 Å². The van der Waals surface area contributed by atoms with Crippen molar-refractivity contribution in [3.8, 4) is 17.3 Å². The normalized spacial score (nSPS) is 13.6. The third-order valence-electron chi connectivity index (χ3n) is 4.68. The number of carbonyl (C=O) groups excluding carboxylic acids is 1. The van der Waals surface area contributed by atoms with Gasteiger partial charge in [-0.2, -0.15) is 5.26 Å². The molecular weight excluding hydrogens is 366 g/mol. The van der Waals surface area contributed by atoms with E-state index in [0.717, 1.165) is 30.2 Å². The zero-order valence-electron chi connectivity index (χ0n) is 15.7. The summed E-state index contributed by atoms with van der Waals surface area (Å²) >= 11 is 0. The molecule has 0 radical (unpaired) electrons. The van der Waals surface area contributed by atoms with Crippen LogP contribution in [0.25, 0.3) is 11.3 Å². The lowest BCUT2D eigenvalue weighted by Crippen LogP contribution is -2.36. The summed E-state index contributed by atoms with van der Waals surface area (Å²) < 4.78 is 5.36. The predicted octanol–water partition coefficient (Wildman–Crippen LogP) is 3.10. The van der Waals surface area contributed by atoms with Crippen LogP contribution in [0.2, 0.25) is 0 Å². The lowest BCUT2D eigenvalue weighted by Gasteiger charge is -2.27. The van der Waals surface area contributed by atoms with Crippen molar-refractivity contribution >= 4 is 17.4 Å². The van der Waals surface area contributed by atoms with Crippen LogP contribution in [0.1, 0.15) is 15.9 Å². The number of hydrogen-bond acceptors (Lipinski definition) is 6. The molecule has 1 aliphatic rings. The van der Waals surface area contributed by atoms with Crippen molar-refractivity contribution in [2.75, 3.05) is 36.5 Å². The Kier molecular flexibility index (Phi) is 5.45. The Morgan fingerprint density at radius 2 is 1.83 bits per heavy atom. The van der Waals surface area contributed by atoms with E-state index in [0.29, 0.717) is 30.0 Å². The molecule has 0 aliphatic carbocycles. The van der Waals surface area contributed by atoms with Crippen molar-refractivity contribution in [3.05, 3.63) is 71.8 Å². The molecule has 3 aromatic rings. The Morgan fingerprint density at radius 1 is 1.03 bits per heavy atom. The quantitative estimate of drug-likeness (QED) is 0.742. The minimum Gasteiger partial charge on any atom is -0.378 e. The summed E-state index contributed by atoms with van der Waals surface area (Å²) in [5.41, 5.74) is 3.27. The highest BCUT2D eigenvalue weighted by molar-refractivity contribution is 6.04. The van der Waals surface area contributed by atoms with E-state index in [1.165, 1.54) is 0 Å². The van der Waals surface area contributed by atoms with E-state index in [1.807, 2.05) is 42.5 Å². The zero-order chi connectivity index (χ0) is 20.1. The maximum absolute atomic E-state index is 12.4. The van der Waals surface area contributed by atoms with Crippen molar-refractivity contribution in [2.24, 2.45) is 0 Å². The van der Waals surface area contributed by atoms with Gasteiger partial charge in [0, 0.05) is 29.9 Å². The molecule has 1 aliphatic heterocycles. The van der Waals surface area contributed by atoms with Gasteiger partial charge in [0.1, 0.15) is 0 Å². The third-order valence-corrected chi connectivity index (χ3v) is 4.68. The van der Waals surface area contributed by atoms with Crippen LogP contribution in [0.5, 0.6) is 0 Å². The number of anilines is 2. The summed E-state index contributed by atoms with van der Waals surface area (Å²) in [7, 11) is 0. The van der Waals surface area contributed by atoms with Crippen LogP contribution in [0.3, 0.4) is 0 Å². The molecule has 4 rings (SSSR count). The average Bonchev–Trinajstić information content (AvgIpc) is 2.80. The molecule has 0 spiro atoms. The lowest BCUT2D eigenvalue weighted by atomic mass is 10.1. The van der Waals surface area contributed by atoms with Gasteiger partial charge in [-0.25, -0.2) is 0 Å². The summed E-state index contributed by atoms with van der Waals surface area (Å²) in [5.74, 6) is 0.600. The van der Waals surface area contributed by atoms with Crippen LogP contribution in [0, 0.1) is 11.3 Å². The third kappa shape index (κ3) is 4.39. The standard InChI is InChI=1S/C22H19N5O2/c23-15-16-4-6-17(7-5-16)22(28)24-19-3-1-2-18(14-19)20-8-9-21(26-25-20)27-10-12-29-13-11-27/h1-9,14H,10-13H2,(H,24,28). The van der Waals surface area contributed by atoms with E-state index in [2.05, 4.69) is 20.4 Å². The van der Waals surface area contributed by atoms with Gasteiger partial charge in [0.15, 0.2) is 5.82 Å². The maximum atomic E-state index is 12.4. The minimum atomic E-state index is -0.236. The monoisotopic (exact) mass is 385 g/mol. The molecule has 1 saturated heterocycles. The molecule has 2 aromatic carbocycles. The van der Waals surface area contributed by atoms with Gasteiger partial charge in [-0.1, -0.05) is 12.1 Å². The number of nitrogens with zero attached hydrogens (tertiary/aromatic N) is 4. The van der Waals surface area contributed by atoms with Gasteiger partial charge in [0.05, 0.1) is 30.5 Å². The molecule has 1 N–H and O–H groups in total. The second kappa shape index (κ2) is 8.50. The van der Waals surface area contributed by atoms with Crippen LogP contribution in [0.15, 0.2) is 60.7 Å². The molecule has 0 atom stereocenters. The molecule has 1 aromatic heterocycles. The smallest absolute Gasteiger partial charge is 0.255 e. The van der Waals surface area contributed by atoms with Crippen molar-refractivity contribution in [3.63, 3.8) is 0 Å². The van der Waals surface area contributed by atoms with E-state index >= 15 is 0 Å². The average molecular weight is 385 g/mol. The van der Waals surface area contributed by atoms with Crippen molar-refractivity contribution < 1.29 is 9.53 Å². The van der Waals surface area contributed by atoms with Crippen LogP contribution in [-0.4, -0.2) is 42.4 Å². The summed E-state index contributed by atoms with van der Waals surface area (Å²) in [6.45, 7) is 3.02. The lowest BCUT2D eigenvalue weighted by molar-refractivity contribution is 0.102. The molecular formula is C22H19N5O2. The SMILES string of the molecule is N#Cc1ccc(C(=O)Nc2cccc(-c3ccc(N4CCOCC4)nn3)c2)cc1. The molecule has 0 saturated carbocycles. The molecule has 7 nitrogen and oxygen atoms in total. The molecule has 1 fully saturated rings. The van der Waals surface area contributed by atoms with Gasteiger partial charge in [-0.05, 0) is 48.5 Å². The Hall–Kier alpha value is -3.76. The first-order chi connectivity index (χ1) is 14.2. The summed E-state index contributed by atoms with van der Waals surface area (Å²) in [6.07, 6.45) is 0. The molecule has 29 heavy (non-hydrogen) atoms. The fourth-order valence-electron chi connectivity index (χ4n) is 3.10. The number of nitriles is 1. The highest BCUT2D eigenvalue weighted by Crippen LogP contribution is 2.22. The van der Waals surface area contributed by atoms with Crippen LogP contribution in [0.4, 0.5) is 11.5 Å². The Balaban J connectivity index is 1.48. The first kappa shape index (κ1) is 18.6. The van der Waals surface area contributed by atoms with E-state index in [1.54, 1.807) is 24.3 Å². The van der Waals surface area contributed by atoms with Crippen molar-refractivity contribution in [1.29, 1.82) is 5.26 Å². The van der Waals surface area contributed by atoms with Crippen LogP contribution >= 0.6 is 0 Å². The molecule has 0 unspecified atom stereocenters. The fourth-order valence-corrected chi connectivity index (χ4v) is 3.10. The van der Waals surface area contributed by atoms with Gasteiger partial charge in [-0.15, -0.1) is 10.2 Å². The van der Waals surface area contributed by atoms with Gasteiger partial charge in [-0.3, -0.25) is 4.79 Å². The second-order valence-corrected chi connectivity index (χ2v) is 6.60. The number of amides is 1. The number of aromatic nitrogens is 2. The summed E-state index contributed by atoms with van der Waals surface area (Å²) in [6, 6.07) is 19.9. The predicted molar refractivity (Wildman–Crippen MR) is 110 cm³/mol. The highest BCUT2D eigenvalue weighted by Gasteiger charge is 2.13. The largest absolute Gasteiger partial charge is 0.378 e. The second-order valence-electron chi connectivity index (χ2n) is 6.60. The molecule has 7 heteroatoms. The zero-order valence-corrected chi connectivity index (χ0v) is 15.7. The first-order valence-corrected chi connectivity index (χ1v) is 9.31. The maximum Gasteiger partial charge on any atom is 0.255 e. The summed E-state index contributed by atoms with van der Waals surface area (Å²) in [4.78, 5) is 14.6. The number of benzene rings is 2. The number of hydrogen-bond donors (Lipinski definition) is 1. The molecule has 2 heterocycles. The summed E-state index contributed by atoms with van der Waals surface area (Å²) in [5, 5.41) is 20.4. The van der Waals surface area contributed by atoms with Crippen LogP contribution in [-0.2, 0) is 4.74 Å². The Morgan fingerprint density at radius 3 is 2.52 bits per heavy atom. The molecule has 144 valence electrons. The molecule has 1 amide bonds. The van der Waals surface area contributed by atoms with E-state index in [4.69, 9.17) is 10.00 Å². The van der Waals surface area contributed by atoms with E-state index in [-0.39, 0.29) is 5.91 Å². The van der Waals surface area contributed by atoms with Gasteiger partial charge in [0.2, 0.25) is 0 Å². The van der Waals surface area contributed by atoms with Crippen molar-refractivity contribution in [1.82, 2.24) is 10.2 Å². The number of ether oxygens (including phenoxy) is 1. The molecule has 0 bridgehead atoms. The number of carbonyl (C=O) groups is 1. The van der Waals surface area contributed by atoms with Gasteiger partial charge in [0.25, 0.3) is 5.91 Å². The highest BCUT2D eigenvalue weighted by atomic mass is 16.5. The van der Waals surface area contributed by atoms with Crippen molar-refractivity contribution in [2.45, 2.75) is 0 Å². The van der Waals surface area contributed by atoms with Crippen LogP contribution < -0.4 is 10.2 Å². The number of morpholine rings is 1. The van der Waals surface area contributed by atoms with Gasteiger partial charge >= 0.3 is 0 Å². The number of nitrogens with one attached hydrogen (secondary N) is 1. The van der Waals surface area contributed by atoms with E-state index < -0.39 is 0 Å². The van der Waals surface area contributed by atoms with E-state index in [9.17, 15) is 4.79 Å². The topological polar surface area (TPSA) is 91.1 Å². The van der Waals surface area contributed by atoms with Gasteiger partial charge < -0.3 is 15.0 Å².